The molecule has 1 aromatic carbocycles. The molecule has 1 saturated heterocycles. The Morgan fingerprint density at radius 1 is 1.20 bits per heavy atom. The summed E-state index contributed by atoms with van der Waals surface area (Å²) >= 11 is 0. The van der Waals surface area contributed by atoms with Crippen molar-refractivity contribution in [3.63, 3.8) is 0 Å². The number of aryl methyl sites for hydroxylation is 1. The second kappa shape index (κ2) is 8.72. The van der Waals surface area contributed by atoms with Crippen LogP contribution >= 0.6 is 0 Å². The summed E-state index contributed by atoms with van der Waals surface area (Å²) in [6.07, 6.45) is 2.71. The van der Waals surface area contributed by atoms with Crippen molar-refractivity contribution in [3.05, 3.63) is 52.8 Å². The number of amides is 1. The van der Waals surface area contributed by atoms with E-state index in [1.54, 1.807) is 11.6 Å². The maximum Gasteiger partial charge on any atom is 0.241 e. The van der Waals surface area contributed by atoms with Gasteiger partial charge in [-0.3, -0.25) is 14.3 Å². The van der Waals surface area contributed by atoms with Crippen molar-refractivity contribution in [2.24, 2.45) is 0 Å². The maximum atomic E-state index is 12.6. The third-order valence-electron chi connectivity index (χ3n) is 6.18. The van der Waals surface area contributed by atoms with Gasteiger partial charge in [0.05, 0.1) is 16.9 Å². The number of nitrogens with zero attached hydrogens (tertiary/aromatic N) is 2. The van der Waals surface area contributed by atoms with E-state index in [-0.39, 0.29) is 29.3 Å². The molecular weight excluding hydrogens is 378 g/mol. The molecule has 2 heterocycles. The minimum atomic E-state index is -0.190. The summed E-state index contributed by atoms with van der Waals surface area (Å²) in [5, 5.41) is 7.43. The smallest absolute Gasteiger partial charge is 0.241 e. The Morgan fingerprint density at radius 2 is 1.90 bits per heavy atom. The molecule has 0 saturated carbocycles. The van der Waals surface area contributed by atoms with Crippen LogP contribution in [-0.4, -0.2) is 40.2 Å². The van der Waals surface area contributed by atoms with Crippen LogP contribution in [0.5, 0.6) is 0 Å². The first-order chi connectivity index (χ1) is 14.1. The number of aromatic nitrogens is 2. The van der Waals surface area contributed by atoms with Gasteiger partial charge in [0, 0.05) is 24.3 Å². The first kappa shape index (κ1) is 22.2. The number of Topliss-reactive ketones (excluding diaryl/α,β-unsaturated/α-hetero) is 1. The molecule has 0 aliphatic carbocycles. The second-order valence-corrected chi connectivity index (χ2v) is 9.04. The van der Waals surface area contributed by atoms with Crippen molar-refractivity contribution >= 4 is 11.7 Å². The minimum absolute atomic E-state index is 0.0176. The van der Waals surface area contributed by atoms with E-state index in [1.807, 2.05) is 13.0 Å². The van der Waals surface area contributed by atoms with Crippen LogP contribution in [0.1, 0.15) is 67.3 Å². The van der Waals surface area contributed by atoms with E-state index >= 15 is 0 Å². The van der Waals surface area contributed by atoms with E-state index in [1.165, 1.54) is 12.5 Å². The van der Waals surface area contributed by atoms with E-state index in [2.05, 4.69) is 48.5 Å². The van der Waals surface area contributed by atoms with Crippen LogP contribution < -0.4 is 5.32 Å². The fourth-order valence-corrected chi connectivity index (χ4v) is 4.87. The predicted octanol–water partition coefficient (Wildman–Crippen LogP) is 3.74. The molecule has 30 heavy (non-hydrogen) atoms. The van der Waals surface area contributed by atoms with Crippen molar-refractivity contribution in [2.45, 2.75) is 71.4 Å². The molecule has 1 fully saturated rings. The number of benzene rings is 1. The van der Waals surface area contributed by atoms with Gasteiger partial charge in [0.2, 0.25) is 5.91 Å². The Morgan fingerprint density at radius 3 is 2.50 bits per heavy atom. The number of carbonyl (C=O) groups excluding carboxylic acids is 2. The predicted molar refractivity (Wildman–Crippen MR) is 117 cm³/mol. The minimum Gasteiger partial charge on any atom is -0.376 e. The molecule has 1 unspecified atom stereocenters. The Bertz CT molecular complexity index is 917. The summed E-state index contributed by atoms with van der Waals surface area (Å²) in [5.74, 6) is -0.117. The van der Waals surface area contributed by atoms with Gasteiger partial charge in [0.1, 0.15) is 6.54 Å². The summed E-state index contributed by atoms with van der Waals surface area (Å²) in [4.78, 5) is 24.4. The number of ether oxygens (including phenoxy) is 1. The number of ketones is 1. The van der Waals surface area contributed by atoms with Crippen LogP contribution in [0.25, 0.3) is 0 Å². The number of nitrogens with one attached hydrogen (secondary N) is 1. The van der Waals surface area contributed by atoms with Gasteiger partial charge in [-0.05, 0) is 59.4 Å². The summed E-state index contributed by atoms with van der Waals surface area (Å²) in [5.41, 5.74) is 3.11. The lowest BCUT2D eigenvalue weighted by molar-refractivity contribution is -0.122. The Hall–Kier alpha value is -2.47. The van der Waals surface area contributed by atoms with E-state index in [0.29, 0.717) is 17.8 Å². The Labute approximate surface area is 179 Å². The Kier molecular flexibility index (Phi) is 6.46. The van der Waals surface area contributed by atoms with Crippen LogP contribution in [-0.2, 0) is 21.5 Å². The van der Waals surface area contributed by atoms with Crippen molar-refractivity contribution in [1.29, 1.82) is 0 Å². The van der Waals surface area contributed by atoms with Gasteiger partial charge >= 0.3 is 0 Å². The summed E-state index contributed by atoms with van der Waals surface area (Å²) in [7, 11) is 0. The lowest BCUT2D eigenvalue weighted by Gasteiger charge is -2.45. The fraction of sp³-hybridized carbons (Fsp3) is 0.542. The normalized spacial score (nSPS) is 20.7. The van der Waals surface area contributed by atoms with Crippen molar-refractivity contribution in [3.8, 4) is 0 Å². The van der Waals surface area contributed by atoms with Gasteiger partial charge in [-0.25, -0.2) is 0 Å². The highest BCUT2D eigenvalue weighted by Crippen LogP contribution is 2.43. The second-order valence-electron chi connectivity index (χ2n) is 9.04. The molecule has 0 spiro atoms. The van der Waals surface area contributed by atoms with E-state index in [4.69, 9.17) is 4.74 Å². The number of carbonyl (C=O) groups is 2. The zero-order valence-electron chi connectivity index (χ0n) is 18.7. The molecule has 2 aromatic rings. The molecule has 1 amide bonds. The van der Waals surface area contributed by atoms with Crippen molar-refractivity contribution < 1.29 is 14.3 Å². The topological polar surface area (TPSA) is 73.2 Å². The standard InChI is InChI=1S/C24H33N3O3/c1-17-22(19(3)28)18(2)27(26-17)15-21(29)25-13-11-24(20-9-7-6-8-10-20)12-14-30-23(4,5)16-24/h6-10H,11-16H2,1-5H3,(H,25,29). The number of hydrogen-bond donors (Lipinski definition) is 1. The lowest BCUT2D eigenvalue weighted by atomic mass is 9.67. The molecule has 0 radical (unpaired) electrons. The first-order valence-corrected chi connectivity index (χ1v) is 10.6. The highest BCUT2D eigenvalue weighted by Gasteiger charge is 2.41. The first-order valence-electron chi connectivity index (χ1n) is 10.6. The molecule has 1 N–H and O–H groups in total. The van der Waals surface area contributed by atoms with Gasteiger partial charge in [-0.1, -0.05) is 30.3 Å². The molecule has 1 atom stereocenters. The SMILES string of the molecule is CC(=O)c1c(C)nn(CC(=O)NCCC2(c3ccccc3)CCOC(C)(C)C2)c1C. The van der Waals surface area contributed by atoms with Crippen molar-refractivity contribution in [1.82, 2.24) is 15.1 Å². The highest BCUT2D eigenvalue weighted by atomic mass is 16.5. The summed E-state index contributed by atoms with van der Waals surface area (Å²) in [6, 6.07) is 10.6. The third kappa shape index (κ3) is 4.81. The average molecular weight is 412 g/mol. The molecule has 6 nitrogen and oxygen atoms in total. The molecule has 3 rings (SSSR count). The average Bonchev–Trinajstić information content (AvgIpc) is 2.95. The van der Waals surface area contributed by atoms with E-state index < -0.39 is 0 Å². The van der Waals surface area contributed by atoms with Crippen LogP contribution in [0.15, 0.2) is 30.3 Å². The molecule has 1 aliphatic heterocycles. The van der Waals surface area contributed by atoms with E-state index in [9.17, 15) is 9.59 Å². The van der Waals surface area contributed by atoms with Gasteiger partial charge in [0.15, 0.2) is 5.78 Å². The van der Waals surface area contributed by atoms with Gasteiger partial charge < -0.3 is 10.1 Å². The maximum absolute atomic E-state index is 12.6. The number of hydrogen-bond acceptors (Lipinski definition) is 4. The zero-order chi connectivity index (χ0) is 21.9. The third-order valence-corrected chi connectivity index (χ3v) is 6.18. The quantitative estimate of drug-likeness (QED) is 0.705. The van der Waals surface area contributed by atoms with E-state index in [0.717, 1.165) is 31.6 Å². The van der Waals surface area contributed by atoms with Crippen LogP contribution in [0.2, 0.25) is 0 Å². The molecule has 162 valence electrons. The van der Waals surface area contributed by atoms with Crippen LogP contribution in [0.4, 0.5) is 0 Å². The highest BCUT2D eigenvalue weighted by molar-refractivity contribution is 5.96. The molecular formula is C24H33N3O3. The van der Waals surface area contributed by atoms with Crippen molar-refractivity contribution in [2.75, 3.05) is 13.2 Å². The molecule has 1 aliphatic rings. The van der Waals surface area contributed by atoms with Crippen LogP contribution in [0.3, 0.4) is 0 Å². The lowest BCUT2D eigenvalue weighted by Crippen LogP contribution is -2.45. The fourth-order valence-electron chi connectivity index (χ4n) is 4.87. The molecule has 1 aromatic heterocycles. The molecule has 6 heteroatoms. The largest absolute Gasteiger partial charge is 0.376 e. The monoisotopic (exact) mass is 411 g/mol. The Balaban J connectivity index is 1.67. The summed E-state index contributed by atoms with van der Waals surface area (Å²) < 4.78 is 7.58. The van der Waals surface area contributed by atoms with Gasteiger partial charge in [0.25, 0.3) is 0 Å². The van der Waals surface area contributed by atoms with Gasteiger partial charge in [-0.2, -0.15) is 5.10 Å². The van der Waals surface area contributed by atoms with Gasteiger partial charge in [-0.15, -0.1) is 0 Å². The zero-order valence-corrected chi connectivity index (χ0v) is 18.7. The summed E-state index contributed by atoms with van der Waals surface area (Å²) in [6.45, 7) is 10.9. The molecule has 0 bridgehead atoms. The number of rotatable bonds is 7. The van der Waals surface area contributed by atoms with Crippen LogP contribution in [0, 0.1) is 13.8 Å².